The standard InChI is InChI=1S/C27H25ClN2O3S/c1-4-32-23-14-20(13-22(28)25(23)33-16-19-9-5-17(2)6-10-19)15-24-26(31)30-27(34-24)29-21-11-7-18(3)8-12-21/h5-15H,4,16H2,1-3H3,(H,29,30,31)/b24-15-. The molecule has 0 radical (unpaired) electrons. The van der Waals surface area contributed by atoms with Gasteiger partial charge >= 0.3 is 0 Å². The Balaban J connectivity index is 1.54. The molecule has 1 fully saturated rings. The van der Waals surface area contributed by atoms with E-state index in [9.17, 15) is 4.79 Å². The van der Waals surface area contributed by atoms with Crippen LogP contribution in [0.2, 0.25) is 5.02 Å². The zero-order chi connectivity index (χ0) is 24.1. The number of nitrogens with one attached hydrogen (secondary N) is 1. The van der Waals surface area contributed by atoms with Crippen molar-refractivity contribution >= 4 is 46.2 Å². The summed E-state index contributed by atoms with van der Waals surface area (Å²) < 4.78 is 11.8. The summed E-state index contributed by atoms with van der Waals surface area (Å²) in [6.45, 7) is 6.79. The molecule has 1 aliphatic rings. The number of carbonyl (C=O) groups excluding carboxylic acids is 1. The highest BCUT2D eigenvalue weighted by Crippen LogP contribution is 2.39. The van der Waals surface area contributed by atoms with Gasteiger partial charge in [-0.05, 0) is 74.0 Å². The molecule has 3 aromatic rings. The predicted molar refractivity (Wildman–Crippen MR) is 140 cm³/mol. The van der Waals surface area contributed by atoms with Crippen LogP contribution in [0.3, 0.4) is 0 Å². The summed E-state index contributed by atoms with van der Waals surface area (Å²) >= 11 is 7.85. The van der Waals surface area contributed by atoms with E-state index in [-0.39, 0.29) is 5.91 Å². The normalized spacial score (nSPS) is 15.6. The lowest BCUT2D eigenvalue weighted by atomic mass is 10.1. The molecule has 0 unspecified atom stereocenters. The van der Waals surface area contributed by atoms with Gasteiger partial charge in [-0.25, -0.2) is 4.99 Å². The lowest BCUT2D eigenvalue weighted by Crippen LogP contribution is -2.19. The molecule has 1 heterocycles. The number of carbonyl (C=O) groups is 1. The van der Waals surface area contributed by atoms with E-state index in [1.54, 1.807) is 12.1 Å². The minimum absolute atomic E-state index is 0.204. The Morgan fingerprint density at radius 1 is 1.00 bits per heavy atom. The summed E-state index contributed by atoms with van der Waals surface area (Å²) in [5, 5.41) is 3.77. The molecule has 1 aliphatic heterocycles. The molecule has 3 aromatic carbocycles. The lowest BCUT2D eigenvalue weighted by Gasteiger charge is -2.15. The zero-order valence-electron chi connectivity index (χ0n) is 19.2. The zero-order valence-corrected chi connectivity index (χ0v) is 20.8. The number of aliphatic imine (C=N–C) groups is 1. The van der Waals surface area contributed by atoms with Crippen LogP contribution in [0.5, 0.6) is 11.5 Å². The van der Waals surface area contributed by atoms with Crippen LogP contribution in [0, 0.1) is 13.8 Å². The summed E-state index contributed by atoms with van der Waals surface area (Å²) in [6, 6.07) is 19.5. The predicted octanol–water partition coefficient (Wildman–Crippen LogP) is 6.83. The molecule has 0 aromatic heterocycles. The van der Waals surface area contributed by atoms with Crippen molar-refractivity contribution in [2.75, 3.05) is 6.61 Å². The first-order valence-electron chi connectivity index (χ1n) is 10.9. The van der Waals surface area contributed by atoms with E-state index in [0.29, 0.717) is 39.8 Å². The van der Waals surface area contributed by atoms with E-state index >= 15 is 0 Å². The van der Waals surface area contributed by atoms with Crippen LogP contribution in [0.15, 0.2) is 70.6 Å². The van der Waals surface area contributed by atoms with Gasteiger partial charge < -0.3 is 14.8 Å². The first kappa shape index (κ1) is 23.9. The van der Waals surface area contributed by atoms with Crippen LogP contribution in [0.25, 0.3) is 6.08 Å². The Kier molecular flexibility index (Phi) is 7.60. The van der Waals surface area contributed by atoms with Crippen molar-refractivity contribution in [3.05, 3.63) is 92.8 Å². The number of nitrogens with zero attached hydrogens (tertiary/aromatic N) is 1. The van der Waals surface area contributed by atoms with Crippen LogP contribution in [-0.4, -0.2) is 17.7 Å². The molecule has 174 valence electrons. The van der Waals surface area contributed by atoms with Crippen LogP contribution >= 0.6 is 23.4 Å². The van der Waals surface area contributed by atoms with E-state index in [1.165, 1.54) is 17.3 Å². The molecule has 5 nitrogen and oxygen atoms in total. The lowest BCUT2D eigenvalue weighted by molar-refractivity contribution is -0.115. The summed E-state index contributed by atoms with van der Waals surface area (Å²) in [5.74, 6) is 0.812. The Bertz CT molecular complexity index is 1250. The molecule has 34 heavy (non-hydrogen) atoms. The topological polar surface area (TPSA) is 59.9 Å². The number of ether oxygens (including phenoxy) is 2. The molecule has 0 atom stereocenters. The van der Waals surface area contributed by atoms with Crippen molar-refractivity contribution in [1.82, 2.24) is 5.32 Å². The van der Waals surface area contributed by atoms with E-state index in [2.05, 4.69) is 10.3 Å². The van der Waals surface area contributed by atoms with Crippen molar-refractivity contribution in [3.8, 4) is 11.5 Å². The van der Waals surface area contributed by atoms with E-state index in [1.807, 2.05) is 75.4 Å². The molecule has 0 saturated carbocycles. The second-order valence-electron chi connectivity index (χ2n) is 7.85. The molecule has 7 heteroatoms. The average Bonchev–Trinajstić information content (AvgIpc) is 3.14. The summed E-state index contributed by atoms with van der Waals surface area (Å²) in [5.41, 5.74) is 4.91. The number of hydrogen-bond donors (Lipinski definition) is 1. The van der Waals surface area contributed by atoms with Crippen molar-refractivity contribution in [1.29, 1.82) is 0 Å². The second kappa shape index (κ2) is 10.8. The van der Waals surface area contributed by atoms with E-state index in [4.69, 9.17) is 21.1 Å². The quantitative estimate of drug-likeness (QED) is 0.367. The van der Waals surface area contributed by atoms with E-state index < -0.39 is 0 Å². The molecule has 0 aliphatic carbocycles. The first-order chi connectivity index (χ1) is 16.4. The maximum atomic E-state index is 12.5. The number of amidine groups is 1. The minimum atomic E-state index is -0.204. The maximum absolute atomic E-state index is 12.5. The molecular formula is C27H25ClN2O3S. The molecule has 1 saturated heterocycles. The van der Waals surface area contributed by atoms with E-state index in [0.717, 1.165) is 22.4 Å². The number of hydrogen-bond acceptors (Lipinski definition) is 5. The van der Waals surface area contributed by atoms with Crippen LogP contribution in [0.1, 0.15) is 29.2 Å². The van der Waals surface area contributed by atoms with Gasteiger partial charge in [-0.3, -0.25) is 4.79 Å². The Labute approximate surface area is 208 Å². The molecule has 1 amide bonds. The van der Waals surface area contributed by atoms with Crippen molar-refractivity contribution < 1.29 is 14.3 Å². The largest absolute Gasteiger partial charge is 0.490 e. The summed E-state index contributed by atoms with van der Waals surface area (Å²) in [6.07, 6.45) is 1.77. The average molecular weight is 493 g/mol. The molecule has 4 rings (SSSR count). The number of benzene rings is 3. The van der Waals surface area contributed by atoms with Gasteiger partial charge in [0.2, 0.25) is 0 Å². The van der Waals surface area contributed by atoms with Gasteiger partial charge in [0, 0.05) is 0 Å². The summed E-state index contributed by atoms with van der Waals surface area (Å²) in [4.78, 5) is 17.5. The van der Waals surface area contributed by atoms with Crippen molar-refractivity contribution in [2.45, 2.75) is 27.4 Å². The van der Waals surface area contributed by atoms with Crippen LogP contribution in [0.4, 0.5) is 5.69 Å². The third kappa shape index (κ3) is 6.01. The van der Waals surface area contributed by atoms with Gasteiger partial charge in [0.15, 0.2) is 16.7 Å². The van der Waals surface area contributed by atoms with Crippen molar-refractivity contribution in [2.24, 2.45) is 4.99 Å². The smallest absolute Gasteiger partial charge is 0.264 e. The number of thioether (sulfide) groups is 1. The SMILES string of the molecule is CCOc1cc(/C=C2\SC(=Nc3ccc(C)cc3)NC2=O)cc(Cl)c1OCc1ccc(C)cc1. The van der Waals surface area contributed by atoms with Gasteiger partial charge in [0.05, 0.1) is 22.2 Å². The number of halogens is 1. The van der Waals surface area contributed by atoms with Crippen molar-refractivity contribution in [3.63, 3.8) is 0 Å². The van der Waals surface area contributed by atoms with Gasteiger partial charge in [0.25, 0.3) is 5.91 Å². The molecular weight excluding hydrogens is 468 g/mol. The molecule has 0 bridgehead atoms. The third-order valence-electron chi connectivity index (χ3n) is 5.05. The third-order valence-corrected chi connectivity index (χ3v) is 6.24. The van der Waals surface area contributed by atoms with Gasteiger partial charge in [-0.1, -0.05) is 59.1 Å². The van der Waals surface area contributed by atoms with Crippen LogP contribution in [-0.2, 0) is 11.4 Å². The van der Waals surface area contributed by atoms with Crippen LogP contribution < -0.4 is 14.8 Å². The highest BCUT2D eigenvalue weighted by Gasteiger charge is 2.24. The Hall–Kier alpha value is -3.22. The minimum Gasteiger partial charge on any atom is -0.490 e. The fourth-order valence-electron chi connectivity index (χ4n) is 3.28. The Morgan fingerprint density at radius 3 is 2.35 bits per heavy atom. The number of aryl methyl sites for hydroxylation is 2. The first-order valence-corrected chi connectivity index (χ1v) is 12.1. The molecule has 1 N–H and O–H groups in total. The Morgan fingerprint density at radius 2 is 1.68 bits per heavy atom. The highest BCUT2D eigenvalue weighted by atomic mass is 35.5. The number of rotatable bonds is 7. The highest BCUT2D eigenvalue weighted by molar-refractivity contribution is 8.18. The summed E-state index contributed by atoms with van der Waals surface area (Å²) in [7, 11) is 0. The second-order valence-corrected chi connectivity index (χ2v) is 9.29. The van der Waals surface area contributed by atoms with Gasteiger partial charge in [-0.2, -0.15) is 0 Å². The van der Waals surface area contributed by atoms with Gasteiger partial charge in [-0.15, -0.1) is 0 Å². The number of amides is 1. The van der Waals surface area contributed by atoms with Gasteiger partial charge in [0.1, 0.15) is 6.61 Å². The fraction of sp³-hybridized carbons (Fsp3) is 0.185. The monoisotopic (exact) mass is 492 g/mol. The maximum Gasteiger partial charge on any atom is 0.264 e. The fourth-order valence-corrected chi connectivity index (χ4v) is 4.40. The molecule has 0 spiro atoms.